The lowest BCUT2D eigenvalue weighted by Crippen LogP contribution is -2.38. The van der Waals surface area contributed by atoms with Crippen LogP contribution in [0.1, 0.15) is 27.9 Å². The van der Waals surface area contributed by atoms with Crippen LogP contribution in [0.4, 0.5) is 5.69 Å². The topological polar surface area (TPSA) is 55.8 Å². The predicted octanol–water partition coefficient (Wildman–Crippen LogP) is 3.14. The molecule has 1 heterocycles. The first kappa shape index (κ1) is 17.0. The Morgan fingerprint density at radius 2 is 1.96 bits per heavy atom. The molecule has 1 aliphatic rings. The van der Waals surface area contributed by atoms with Crippen LogP contribution in [0.2, 0.25) is 0 Å². The summed E-state index contributed by atoms with van der Waals surface area (Å²) in [5.74, 6) is -0.335. The number of methoxy groups -OCH3 is 1. The Morgan fingerprint density at radius 1 is 1.16 bits per heavy atom. The van der Waals surface area contributed by atoms with Crippen LogP contribution in [-0.4, -0.2) is 32.1 Å². The summed E-state index contributed by atoms with van der Waals surface area (Å²) in [5.41, 5.74) is 3.30. The van der Waals surface area contributed by atoms with Gasteiger partial charge in [-0.05, 0) is 43.5 Å². The zero-order valence-corrected chi connectivity index (χ0v) is 14.5. The molecule has 2 aromatic rings. The second kappa shape index (κ2) is 7.38. The largest absolute Gasteiger partial charge is 0.496 e. The van der Waals surface area contributed by atoms with E-state index in [1.807, 2.05) is 37.3 Å². The molecule has 3 rings (SSSR count). The average Bonchev–Trinajstić information content (AvgIpc) is 2.65. The van der Waals surface area contributed by atoms with Crippen LogP contribution in [-0.2, 0) is 16.0 Å². The lowest BCUT2D eigenvalue weighted by atomic mass is 10.0. The Kier molecular flexibility index (Phi) is 5.03. The number of nitrogens with zero attached hydrogens (tertiary/aromatic N) is 1. The highest BCUT2D eigenvalue weighted by Crippen LogP contribution is 2.27. The summed E-state index contributed by atoms with van der Waals surface area (Å²) in [4.78, 5) is 26.6. The molecule has 0 fully saturated rings. The fraction of sp³-hybridized carbons (Fsp3) is 0.300. The summed E-state index contributed by atoms with van der Waals surface area (Å²) in [6.45, 7) is 2.23. The highest BCUT2D eigenvalue weighted by atomic mass is 16.5. The molecule has 0 bridgehead atoms. The molecular weight excluding hydrogens is 318 g/mol. The number of esters is 1. The number of para-hydroxylation sites is 1. The van der Waals surface area contributed by atoms with Crippen LogP contribution in [0.25, 0.3) is 0 Å². The minimum absolute atomic E-state index is 0.216. The van der Waals surface area contributed by atoms with E-state index in [9.17, 15) is 9.59 Å². The normalized spacial score (nSPS) is 13.1. The standard InChI is InChI=1S/C20H21NO4/c1-14-9-10-18(24-2)16(12-14)20(23)25-13-19(22)21-11-5-7-15-6-3-4-8-17(15)21/h3-4,6,8-10,12H,5,7,11,13H2,1-2H3. The van der Waals surface area contributed by atoms with E-state index in [0.29, 0.717) is 17.9 Å². The molecule has 0 saturated heterocycles. The van der Waals surface area contributed by atoms with Crippen LogP contribution >= 0.6 is 0 Å². The Hall–Kier alpha value is -2.82. The fourth-order valence-electron chi connectivity index (χ4n) is 3.06. The van der Waals surface area contributed by atoms with Crippen molar-refractivity contribution < 1.29 is 19.1 Å². The van der Waals surface area contributed by atoms with Crippen molar-refractivity contribution in [3.05, 3.63) is 59.2 Å². The van der Waals surface area contributed by atoms with Crippen molar-refractivity contribution >= 4 is 17.6 Å². The Bertz CT molecular complexity index is 800. The molecule has 0 unspecified atom stereocenters. The molecule has 2 aromatic carbocycles. The van der Waals surface area contributed by atoms with Crippen molar-refractivity contribution in [2.75, 3.05) is 25.2 Å². The van der Waals surface area contributed by atoms with Gasteiger partial charge in [-0.15, -0.1) is 0 Å². The number of benzene rings is 2. The maximum absolute atomic E-state index is 12.5. The van der Waals surface area contributed by atoms with E-state index < -0.39 is 5.97 Å². The first-order valence-electron chi connectivity index (χ1n) is 8.30. The quantitative estimate of drug-likeness (QED) is 0.803. The van der Waals surface area contributed by atoms with Gasteiger partial charge in [-0.2, -0.15) is 0 Å². The van der Waals surface area contributed by atoms with E-state index in [2.05, 4.69) is 0 Å². The molecule has 1 aliphatic heterocycles. The van der Waals surface area contributed by atoms with Crippen molar-refractivity contribution in [2.24, 2.45) is 0 Å². The zero-order chi connectivity index (χ0) is 17.8. The van der Waals surface area contributed by atoms with Gasteiger partial charge in [0.1, 0.15) is 11.3 Å². The first-order valence-corrected chi connectivity index (χ1v) is 8.30. The number of rotatable bonds is 4. The van der Waals surface area contributed by atoms with E-state index in [4.69, 9.17) is 9.47 Å². The summed E-state index contributed by atoms with van der Waals surface area (Å²) < 4.78 is 10.4. The Morgan fingerprint density at radius 3 is 2.76 bits per heavy atom. The number of ether oxygens (including phenoxy) is 2. The molecular formula is C20H21NO4. The number of aryl methyl sites for hydroxylation is 2. The van der Waals surface area contributed by atoms with Crippen LogP contribution in [0, 0.1) is 6.92 Å². The second-order valence-electron chi connectivity index (χ2n) is 6.06. The summed E-state index contributed by atoms with van der Waals surface area (Å²) in [6, 6.07) is 13.1. The van der Waals surface area contributed by atoms with E-state index in [-0.39, 0.29) is 12.5 Å². The van der Waals surface area contributed by atoms with E-state index in [1.165, 1.54) is 7.11 Å². The molecule has 5 heteroatoms. The van der Waals surface area contributed by atoms with Crippen LogP contribution < -0.4 is 9.64 Å². The number of fused-ring (bicyclic) bond motifs is 1. The maximum Gasteiger partial charge on any atom is 0.342 e. The summed E-state index contributed by atoms with van der Waals surface area (Å²) in [5, 5.41) is 0. The number of anilines is 1. The van der Waals surface area contributed by atoms with Crippen molar-refractivity contribution in [3.8, 4) is 5.75 Å². The SMILES string of the molecule is COc1ccc(C)cc1C(=O)OCC(=O)N1CCCc2ccccc21. The molecule has 0 atom stereocenters. The molecule has 0 radical (unpaired) electrons. The Balaban J connectivity index is 1.69. The lowest BCUT2D eigenvalue weighted by molar-refractivity contribution is -0.121. The molecule has 25 heavy (non-hydrogen) atoms. The van der Waals surface area contributed by atoms with Gasteiger partial charge in [0, 0.05) is 12.2 Å². The van der Waals surface area contributed by atoms with Crippen LogP contribution in [0.3, 0.4) is 0 Å². The molecule has 1 amide bonds. The molecule has 0 N–H and O–H groups in total. The maximum atomic E-state index is 12.5. The van der Waals surface area contributed by atoms with Gasteiger partial charge in [-0.1, -0.05) is 29.8 Å². The summed E-state index contributed by atoms with van der Waals surface area (Å²) >= 11 is 0. The van der Waals surface area contributed by atoms with Gasteiger partial charge in [-0.25, -0.2) is 4.79 Å². The van der Waals surface area contributed by atoms with Gasteiger partial charge in [0.25, 0.3) is 5.91 Å². The molecule has 0 saturated carbocycles. The third-order valence-corrected chi connectivity index (χ3v) is 4.31. The minimum atomic E-state index is -0.556. The number of carbonyl (C=O) groups excluding carboxylic acids is 2. The third-order valence-electron chi connectivity index (χ3n) is 4.31. The number of hydrogen-bond acceptors (Lipinski definition) is 4. The second-order valence-corrected chi connectivity index (χ2v) is 6.06. The summed E-state index contributed by atoms with van der Waals surface area (Å²) in [7, 11) is 1.50. The number of hydrogen-bond donors (Lipinski definition) is 0. The van der Waals surface area contributed by atoms with Crippen molar-refractivity contribution in [3.63, 3.8) is 0 Å². The van der Waals surface area contributed by atoms with Crippen LogP contribution in [0.5, 0.6) is 5.75 Å². The molecule has 0 aliphatic carbocycles. The molecule has 0 aromatic heterocycles. The van der Waals surface area contributed by atoms with Gasteiger partial charge in [0.05, 0.1) is 7.11 Å². The number of amides is 1. The number of carbonyl (C=O) groups is 2. The molecule has 0 spiro atoms. The Labute approximate surface area is 147 Å². The predicted molar refractivity (Wildman–Crippen MR) is 95.1 cm³/mol. The first-order chi connectivity index (χ1) is 12.1. The van der Waals surface area contributed by atoms with Gasteiger partial charge in [0.15, 0.2) is 6.61 Å². The van der Waals surface area contributed by atoms with Gasteiger partial charge < -0.3 is 14.4 Å². The highest BCUT2D eigenvalue weighted by molar-refractivity contribution is 5.98. The van der Waals surface area contributed by atoms with Crippen molar-refractivity contribution in [1.82, 2.24) is 0 Å². The van der Waals surface area contributed by atoms with E-state index in [1.54, 1.807) is 17.0 Å². The van der Waals surface area contributed by atoms with Crippen molar-refractivity contribution in [2.45, 2.75) is 19.8 Å². The fourth-order valence-corrected chi connectivity index (χ4v) is 3.06. The van der Waals surface area contributed by atoms with E-state index in [0.717, 1.165) is 29.7 Å². The van der Waals surface area contributed by atoms with Gasteiger partial charge >= 0.3 is 5.97 Å². The monoisotopic (exact) mass is 339 g/mol. The van der Waals surface area contributed by atoms with E-state index >= 15 is 0 Å². The molecule has 5 nitrogen and oxygen atoms in total. The smallest absolute Gasteiger partial charge is 0.342 e. The average molecular weight is 339 g/mol. The molecule has 130 valence electrons. The van der Waals surface area contributed by atoms with Gasteiger partial charge in [-0.3, -0.25) is 4.79 Å². The minimum Gasteiger partial charge on any atom is -0.496 e. The zero-order valence-electron chi connectivity index (χ0n) is 14.5. The van der Waals surface area contributed by atoms with Crippen molar-refractivity contribution in [1.29, 1.82) is 0 Å². The summed E-state index contributed by atoms with van der Waals surface area (Å²) in [6.07, 6.45) is 1.86. The van der Waals surface area contributed by atoms with Gasteiger partial charge in [0.2, 0.25) is 0 Å². The lowest BCUT2D eigenvalue weighted by Gasteiger charge is -2.29. The highest BCUT2D eigenvalue weighted by Gasteiger charge is 2.24. The van der Waals surface area contributed by atoms with Crippen LogP contribution in [0.15, 0.2) is 42.5 Å². The third kappa shape index (κ3) is 3.65.